The number of halogens is 1. The molecule has 124 valence electrons. The fourth-order valence-corrected chi connectivity index (χ4v) is 3.93. The zero-order chi connectivity index (χ0) is 17.2. The number of thiazole rings is 1. The molecule has 0 aliphatic carbocycles. The Kier molecular flexibility index (Phi) is 4.38. The first kappa shape index (κ1) is 16.1. The van der Waals surface area contributed by atoms with E-state index in [0.29, 0.717) is 0 Å². The van der Waals surface area contributed by atoms with E-state index in [9.17, 15) is 0 Å². The molecule has 0 aliphatic rings. The Morgan fingerprint density at radius 2 is 2.04 bits per heavy atom. The summed E-state index contributed by atoms with van der Waals surface area (Å²) in [5.74, 6) is 0. The molecule has 6 heteroatoms. The standard InChI is InChI=1S/C19H15BrN4S/c1-21-19-24(18(12-25-19)13-5-4-6-15(20)9-13)23-11-14-10-22-17-8-3-2-7-16(14)17/h2-12,22H,1H3. The molecule has 2 aromatic carbocycles. The van der Waals surface area contributed by atoms with Crippen LogP contribution in [-0.4, -0.2) is 22.9 Å². The highest BCUT2D eigenvalue weighted by Crippen LogP contribution is 2.24. The molecule has 0 aliphatic heterocycles. The molecule has 4 rings (SSSR count). The maximum absolute atomic E-state index is 4.71. The number of H-pyrrole nitrogens is 1. The average molecular weight is 411 g/mol. The summed E-state index contributed by atoms with van der Waals surface area (Å²) in [5.41, 5.74) is 4.27. The van der Waals surface area contributed by atoms with Crippen LogP contribution >= 0.6 is 27.3 Å². The molecule has 1 N–H and O–H groups in total. The largest absolute Gasteiger partial charge is 0.361 e. The lowest BCUT2D eigenvalue weighted by Crippen LogP contribution is -2.11. The SMILES string of the molecule is CN=c1scc(-c2cccc(Br)c2)n1N=Cc1c[nH]c2ccccc12. The summed E-state index contributed by atoms with van der Waals surface area (Å²) in [6.45, 7) is 0. The number of nitrogens with one attached hydrogen (secondary N) is 1. The number of nitrogens with zero attached hydrogens (tertiary/aromatic N) is 3. The van der Waals surface area contributed by atoms with Crippen LogP contribution in [0.3, 0.4) is 0 Å². The number of hydrogen-bond acceptors (Lipinski definition) is 3. The van der Waals surface area contributed by atoms with Crippen LogP contribution in [0.4, 0.5) is 0 Å². The minimum Gasteiger partial charge on any atom is -0.361 e. The zero-order valence-corrected chi connectivity index (χ0v) is 15.9. The number of para-hydroxylation sites is 1. The predicted octanol–water partition coefficient (Wildman–Crippen LogP) is 4.87. The molecule has 2 aromatic heterocycles. The summed E-state index contributed by atoms with van der Waals surface area (Å²) < 4.78 is 2.92. The maximum Gasteiger partial charge on any atom is 0.205 e. The van der Waals surface area contributed by atoms with E-state index in [4.69, 9.17) is 5.10 Å². The Morgan fingerprint density at radius 1 is 1.16 bits per heavy atom. The first-order valence-electron chi connectivity index (χ1n) is 7.76. The maximum atomic E-state index is 4.71. The van der Waals surface area contributed by atoms with Crippen LogP contribution in [0, 0.1) is 0 Å². The fourth-order valence-electron chi connectivity index (χ4n) is 2.73. The monoisotopic (exact) mass is 410 g/mol. The van der Waals surface area contributed by atoms with E-state index >= 15 is 0 Å². The smallest absolute Gasteiger partial charge is 0.205 e. The third-order valence-electron chi connectivity index (χ3n) is 3.93. The van der Waals surface area contributed by atoms with Gasteiger partial charge in [-0.25, -0.2) is 4.68 Å². The Balaban J connectivity index is 1.81. The van der Waals surface area contributed by atoms with Gasteiger partial charge in [0.15, 0.2) is 0 Å². The van der Waals surface area contributed by atoms with Gasteiger partial charge >= 0.3 is 0 Å². The van der Waals surface area contributed by atoms with Crippen molar-refractivity contribution in [2.24, 2.45) is 10.1 Å². The zero-order valence-electron chi connectivity index (χ0n) is 13.5. The van der Waals surface area contributed by atoms with Crippen LogP contribution in [-0.2, 0) is 0 Å². The number of rotatable bonds is 3. The molecule has 0 atom stereocenters. The van der Waals surface area contributed by atoms with E-state index in [1.807, 2.05) is 41.4 Å². The first-order valence-corrected chi connectivity index (χ1v) is 9.43. The number of fused-ring (bicyclic) bond motifs is 1. The summed E-state index contributed by atoms with van der Waals surface area (Å²) in [6.07, 6.45) is 3.85. The van der Waals surface area contributed by atoms with Crippen molar-refractivity contribution in [1.82, 2.24) is 9.66 Å². The Labute approximate surface area is 157 Å². The van der Waals surface area contributed by atoms with Crippen LogP contribution in [0.25, 0.3) is 22.2 Å². The second-order valence-electron chi connectivity index (χ2n) is 5.48. The van der Waals surface area contributed by atoms with Gasteiger partial charge in [0.1, 0.15) is 0 Å². The van der Waals surface area contributed by atoms with Gasteiger partial charge in [-0.1, -0.05) is 46.3 Å². The van der Waals surface area contributed by atoms with E-state index in [0.717, 1.165) is 37.0 Å². The van der Waals surface area contributed by atoms with E-state index in [1.165, 1.54) is 0 Å². The molecule has 25 heavy (non-hydrogen) atoms. The van der Waals surface area contributed by atoms with E-state index in [2.05, 4.69) is 55.6 Å². The molecule has 0 radical (unpaired) electrons. The van der Waals surface area contributed by atoms with Crippen molar-refractivity contribution in [3.8, 4) is 11.3 Å². The van der Waals surface area contributed by atoms with Crippen LogP contribution in [0.15, 0.2) is 74.7 Å². The molecule has 0 unspecified atom stereocenters. The molecular formula is C19H15BrN4S. The Bertz CT molecular complexity index is 1130. The van der Waals surface area contributed by atoms with Crippen molar-refractivity contribution in [2.75, 3.05) is 7.05 Å². The number of aromatic amines is 1. The van der Waals surface area contributed by atoms with Gasteiger partial charge in [0.25, 0.3) is 0 Å². The lowest BCUT2D eigenvalue weighted by atomic mass is 10.2. The van der Waals surface area contributed by atoms with Gasteiger partial charge < -0.3 is 4.98 Å². The van der Waals surface area contributed by atoms with Crippen LogP contribution in [0.2, 0.25) is 0 Å². The van der Waals surface area contributed by atoms with Crippen molar-refractivity contribution in [3.05, 3.63) is 74.9 Å². The van der Waals surface area contributed by atoms with Crippen molar-refractivity contribution < 1.29 is 0 Å². The normalized spacial score (nSPS) is 12.5. The number of hydrogen-bond donors (Lipinski definition) is 1. The van der Waals surface area contributed by atoms with Crippen molar-refractivity contribution in [3.63, 3.8) is 0 Å². The highest BCUT2D eigenvalue weighted by atomic mass is 79.9. The molecule has 0 fully saturated rings. The topological polar surface area (TPSA) is 45.4 Å². The van der Waals surface area contributed by atoms with E-state index in [-0.39, 0.29) is 0 Å². The Morgan fingerprint density at radius 3 is 2.88 bits per heavy atom. The molecule has 0 saturated carbocycles. The predicted molar refractivity (Wildman–Crippen MR) is 108 cm³/mol. The summed E-state index contributed by atoms with van der Waals surface area (Å²) in [4.78, 5) is 8.48. The van der Waals surface area contributed by atoms with Gasteiger partial charge in [-0.3, -0.25) is 4.99 Å². The minimum absolute atomic E-state index is 0.853. The average Bonchev–Trinajstić information content (AvgIpc) is 3.23. The molecular weight excluding hydrogens is 396 g/mol. The van der Waals surface area contributed by atoms with Gasteiger partial charge in [-0.15, -0.1) is 11.3 Å². The molecule has 0 saturated heterocycles. The molecule has 4 aromatic rings. The summed E-state index contributed by atoms with van der Waals surface area (Å²) in [5, 5.41) is 7.94. The van der Waals surface area contributed by atoms with Crippen molar-refractivity contribution in [1.29, 1.82) is 0 Å². The molecule has 0 bridgehead atoms. The fraction of sp³-hybridized carbons (Fsp3) is 0.0526. The summed E-state index contributed by atoms with van der Waals surface area (Å²) in [7, 11) is 1.79. The van der Waals surface area contributed by atoms with Gasteiger partial charge in [0, 0.05) is 45.1 Å². The van der Waals surface area contributed by atoms with Crippen LogP contribution in [0.1, 0.15) is 5.56 Å². The van der Waals surface area contributed by atoms with E-state index < -0.39 is 0 Å². The highest BCUT2D eigenvalue weighted by molar-refractivity contribution is 9.10. The minimum atomic E-state index is 0.853. The summed E-state index contributed by atoms with van der Waals surface area (Å²) in [6, 6.07) is 16.4. The lowest BCUT2D eigenvalue weighted by molar-refractivity contribution is 0.848. The molecule has 0 spiro atoms. The van der Waals surface area contributed by atoms with Gasteiger partial charge in [-0.2, -0.15) is 5.10 Å². The molecule has 2 heterocycles. The number of benzene rings is 2. The van der Waals surface area contributed by atoms with Gasteiger partial charge in [-0.05, 0) is 18.2 Å². The lowest BCUT2D eigenvalue weighted by Gasteiger charge is -2.03. The quantitative estimate of drug-likeness (QED) is 0.468. The Hall–Kier alpha value is -2.44. The van der Waals surface area contributed by atoms with Crippen molar-refractivity contribution in [2.45, 2.75) is 0 Å². The third-order valence-corrected chi connectivity index (χ3v) is 5.33. The second-order valence-corrected chi connectivity index (χ2v) is 7.24. The first-order chi connectivity index (χ1) is 12.3. The highest BCUT2D eigenvalue weighted by Gasteiger charge is 2.08. The van der Waals surface area contributed by atoms with Crippen LogP contribution < -0.4 is 4.80 Å². The van der Waals surface area contributed by atoms with Crippen LogP contribution in [0.5, 0.6) is 0 Å². The second kappa shape index (κ2) is 6.82. The molecule has 0 amide bonds. The van der Waals surface area contributed by atoms with Gasteiger partial charge in [0.2, 0.25) is 4.80 Å². The van der Waals surface area contributed by atoms with Gasteiger partial charge in [0.05, 0.1) is 11.9 Å². The van der Waals surface area contributed by atoms with E-state index in [1.54, 1.807) is 18.4 Å². The summed E-state index contributed by atoms with van der Waals surface area (Å²) >= 11 is 5.11. The molecule has 4 nitrogen and oxygen atoms in total. The number of aromatic nitrogens is 2. The third kappa shape index (κ3) is 3.10. The van der Waals surface area contributed by atoms with Crippen molar-refractivity contribution >= 4 is 44.4 Å².